The zero-order chi connectivity index (χ0) is 17.2. The smallest absolute Gasteiger partial charge is 0.370 e. The molecule has 1 N–H and O–H groups in total. The topological polar surface area (TPSA) is 63.6 Å². The molecule has 0 aliphatic carbocycles. The lowest BCUT2D eigenvalue weighted by atomic mass is 10.0. The summed E-state index contributed by atoms with van der Waals surface area (Å²) in [6.07, 6.45) is 22.0. The van der Waals surface area contributed by atoms with Gasteiger partial charge in [0.15, 0.2) is 0 Å². The fourth-order valence-corrected chi connectivity index (χ4v) is 2.85. The molecule has 0 spiro atoms. The first kappa shape index (κ1) is 22.4. The van der Waals surface area contributed by atoms with E-state index in [2.05, 4.69) is 11.1 Å². The van der Waals surface area contributed by atoms with Crippen LogP contribution in [0, 0.1) is 0 Å². The summed E-state index contributed by atoms with van der Waals surface area (Å²) in [5.41, 5.74) is 0. The second kappa shape index (κ2) is 16.3. The van der Waals surface area contributed by atoms with Crippen LogP contribution in [0.3, 0.4) is 0 Å². The number of allylic oxidation sites excluding steroid dienone is 1. The molecule has 23 heavy (non-hydrogen) atoms. The van der Waals surface area contributed by atoms with Gasteiger partial charge in [0.25, 0.3) is 0 Å². The molecule has 0 bridgehead atoms. The van der Waals surface area contributed by atoms with E-state index < -0.39 is 10.4 Å². The molecule has 0 rings (SSSR count). The average Bonchev–Trinajstić information content (AvgIpc) is 2.49. The molecule has 0 radical (unpaired) electrons. The molecule has 0 amide bonds. The van der Waals surface area contributed by atoms with Crippen molar-refractivity contribution in [3.05, 3.63) is 12.3 Å². The first-order valence-electron chi connectivity index (χ1n) is 9.37. The van der Waals surface area contributed by atoms with E-state index in [0.717, 1.165) is 25.5 Å². The maximum absolute atomic E-state index is 10.3. The summed E-state index contributed by atoms with van der Waals surface area (Å²) in [6.45, 7) is 2.26. The van der Waals surface area contributed by atoms with Crippen molar-refractivity contribution in [3.63, 3.8) is 0 Å². The molecule has 0 aromatic carbocycles. The third-order valence-electron chi connectivity index (χ3n) is 4.00. The third kappa shape index (κ3) is 21.5. The summed E-state index contributed by atoms with van der Waals surface area (Å²) < 4.78 is 33.0. The molecule has 0 atom stereocenters. The molecule has 0 aliphatic rings. The minimum atomic E-state index is -4.33. The number of hydrogen-bond acceptors (Lipinski definition) is 3. The van der Waals surface area contributed by atoms with E-state index in [1.165, 1.54) is 77.0 Å². The fourth-order valence-electron chi connectivity index (χ4n) is 2.63. The molecule has 0 heterocycles. The lowest BCUT2D eigenvalue weighted by Crippen LogP contribution is -1.96. The summed E-state index contributed by atoms with van der Waals surface area (Å²) >= 11 is 0. The van der Waals surface area contributed by atoms with Crippen LogP contribution >= 0.6 is 0 Å². The Morgan fingerprint density at radius 3 is 1.52 bits per heavy atom. The Kier molecular flexibility index (Phi) is 15.9. The Labute approximate surface area is 143 Å². The lowest BCUT2D eigenvalue weighted by molar-refractivity contribution is 0.355. The van der Waals surface area contributed by atoms with Crippen molar-refractivity contribution in [1.82, 2.24) is 0 Å². The van der Waals surface area contributed by atoms with Crippen molar-refractivity contribution >= 4 is 10.4 Å². The van der Waals surface area contributed by atoms with Gasteiger partial charge in [-0.05, 0) is 18.9 Å². The lowest BCUT2D eigenvalue weighted by Gasteiger charge is -2.02. The molecule has 0 aliphatic heterocycles. The van der Waals surface area contributed by atoms with E-state index in [4.69, 9.17) is 4.55 Å². The first-order valence-corrected chi connectivity index (χ1v) is 10.7. The Balaban J connectivity index is 3.11. The fraction of sp³-hybridized carbons (Fsp3) is 0.889. The van der Waals surface area contributed by atoms with Crippen LogP contribution in [0.25, 0.3) is 0 Å². The Bertz CT molecular complexity index is 363. The standard InChI is InChI=1S/C18H36O4S/c1-2-3-4-5-6-7-8-9-10-11-12-13-14-15-16-17-18-22-23(19,20)21/h17-18H,2-16H2,1H3,(H,19,20,21)/b18-17+. The van der Waals surface area contributed by atoms with E-state index in [1.807, 2.05) is 0 Å². The quantitative estimate of drug-likeness (QED) is 0.193. The van der Waals surface area contributed by atoms with Gasteiger partial charge < -0.3 is 4.18 Å². The molecule has 0 saturated carbocycles. The summed E-state index contributed by atoms with van der Waals surface area (Å²) in [4.78, 5) is 0. The zero-order valence-electron chi connectivity index (χ0n) is 14.8. The Morgan fingerprint density at radius 1 is 0.739 bits per heavy atom. The molecule has 0 aromatic rings. The van der Waals surface area contributed by atoms with E-state index >= 15 is 0 Å². The predicted molar refractivity (Wildman–Crippen MR) is 96.7 cm³/mol. The van der Waals surface area contributed by atoms with Crippen LogP contribution in [0.1, 0.15) is 103 Å². The number of rotatable bonds is 17. The zero-order valence-corrected chi connectivity index (χ0v) is 15.7. The molecule has 5 heteroatoms. The van der Waals surface area contributed by atoms with Gasteiger partial charge in [-0.25, -0.2) is 0 Å². The van der Waals surface area contributed by atoms with Gasteiger partial charge in [0, 0.05) is 0 Å². The van der Waals surface area contributed by atoms with Gasteiger partial charge in [-0.3, -0.25) is 4.55 Å². The third-order valence-corrected chi connectivity index (χ3v) is 4.35. The molecular weight excluding hydrogens is 312 g/mol. The van der Waals surface area contributed by atoms with Crippen LogP contribution in [0.2, 0.25) is 0 Å². The molecule has 0 fully saturated rings. The highest BCUT2D eigenvalue weighted by Gasteiger charge is 1.98. The van der Waals surface area contributed by atoms with Gasteiger partial charge in [-0.15, -0.1) is 0 Å². The highest BCUT2D eigenvalue weighted by molar-refractivity contribution is 7.81. The number of hydrogen-bond donors (Lipinski definition) is 1. The van der Waals surface area contributed by atoms with Gasteiger partial charge in [0.1, 0.15) is 6.26 Å². The predicted octanol–water partition coefficient (Wildman–Crippen LogP) is 6.19. The summed E-state index contributed by atoms with van der Waals surface area (Å²) in [6, 6.07) is 0. The summed E-state index contributed by atoms with van der Waals surface area (Å²) in [7, 11) is -4.33. The van der Waals surface area contributed by atoms with Gasteiger partial charge in [0.2, 0.25) is 0 Å². The Morgan fingerprint density at radius 2 is 1.13 bits per heavy atom. The Hall–Kier alpha value is -0.550. The van der Waals surface area contributed by atoms with Crippen LogP contribution in [-0.2, 0) is 14.6 Å². The second-order valence-corrected chi connectivity index (χ2v) is 7.33. The second-order valence-electron chi connectivity index (χ2n) is 6.28. The van der Waals surface area contributed by atoms with Crippen LogP contribution in [0.15, 0.2) is 12.3 Å². The van der Waals surface area contributed by atoms with Crippen molar-refractivity contribution in [2.24, 2.45) is 0 Å². The maximum Gasteiger partial charge on any atom is 0.445 e. The summed E-state index contributed by atoms with van der Waals surface area (Å²) in [5, 5.41) is 0. The van der Waals surface area contributed by atoms with E-state index in [9.17, 15) is 8.42 Å². The molecule has 0 saturated heterocycles. The molecular formula is C18H36O4S. The van der Waals surface area contributed by atoms with E-state index in [-0.39, 0.29) is 0 Å². The van der Waals surface area contributed by atoms with Crippen molar-refractivity contribution in [2.75, 3.05) is 0 Å². The number of unbranched alkanes of at least 4 members (excludes halogenated alkanes) is 14. The van der Waals surface area contributed by atoms with Crippen molar-refractivity contribution in [1.29, 1.82) is 0 Å². The van der Waals surface area contributed by atoms with Crippen molar-refractivity contribution in [3.8, 4) is 0 Å². The molecule has 138 valence electrons. The minimum absolute atomic E-state index is 0.785. The molecule has 0 aromatic heterocycles. The monoisotopic (exact) mass is 348 g/mol. The van der Waals surface area contributed by atoms with E-state index in [0.29, 0.717) is 0 Å². The average molecular weight is 349 g/mol. The SMILES string of the molecule is CCCCCCCCCCCCCCCC/C=C/OS(=O)(=O)O. The molecule has 0 unspecified atom stereocenters. The van der Waals surface area contributed by atoms with Gasteiger partial charge in [-0.1, -0.05) is 90.4 Å². The van der Waals surface area contributed by atoms with Crippen molar-refractivity contribution in [2.45, 2.75) is 103 Å². The van der Waals surface area contributed by atoms with Gasteiger partial charge in [0.05, 0.1) is 0 Å². The molecule has 4 nitrogen and oxygen atoms in total. The van der Waals surface area contributed by atoms with Crippen LogP contribution < -0.4 is 0 Å². The van der Waals surface area contributed by atoms with Crippen LogP contribution in [0.4, 0.5) is 0 Å². The highest BCUT2D eigenvalue weighted by Crippen LogP contribution is 2.13. The maximum atomic E-state index is 10.3. The van der Waals surface area contributed by atoms with Crippen molar-refractivity contribution < 1.29 is 17.2 Å². The van der Waals surface area contributed by atoms with E-state index in [1.54, 1.807) is 6.08 Å². The summed E-state index contributed by atoms with van der Waals surface area (Å²) in [5.74, 6) is 0. The highest BCUT2D eigenvalue weighted by atomic mass is 32.3. The normalized spacial score (nSPS) is 12.1. The van der Waals surface area contributed by atoms with Gasteiger partial charge >= 0.3 is 10.4 Å². The van der Waals surface area contributed by atoms with Crippen LogP contribution in [-0.4, -0.2) is 13.0 Å². The largest absolute Gasteiger partial charge is 0.445 e. The van der Waals surface area contributed by atoms with Crippen LogP contribution in [0.5, 0.6) is 0 Å². The minimum Gasteiger partial charge on any atom is -0.370 e. The first-order chi connectivity index (χ1) is 11.1. The van der Waals surface area contributed by atoms with Gasteiger partial charge in [-0.2, -0.15) is 8.42 Å².